The minimum atomic E-state index is -0.441. The predicted octanol–water partition coefficient (Wildman–Crippen LogP) is 2.78. The van der Waals surface area contributed by atoms with E-state index in [1.54, 1.807) is 31.2 Å². The lowest BCUT2D eigenvalue weighted by atomic mass is 10.2. The maximum atomic E-state index is 13.0. The second kappa shape index (κ2) is 6.57. The van der Waals surface area contributed by atoms with Crippen molar-refractivity contribution >= 4 is 5.91 Å². The van der Waals surface area contributed by atoms with Gasteiger partial charge < -0.3 is 5.32 Å². The molecule has 1 N–H and O–H groups in total. The number of nitrogens with zero attached hydrogens (tertiary/aromatic N) is 3. The topological polar surface area (TPSA) is 59.8 Å². The quantitative estimate of drug-likeness (QED) is 0.801. The molecule has 3 rings (SSSR count). The van der Waals surface area contributed by atoms with Crippen molar-refractivity contribution in [3.8, 4) is 5.69 Å². The van der Waals surface area contributed by atoms with Crippen LogP contribution in [0.1, 0.15) is 22.0 Å². The minimum Gasteiger partial charge on any atom is -0.345 e. The number of benzene rings is 2. The van der Waals surface area contributed by atoms with Crippen molar-refractivity contribution in [2.24, 2.45) is 0 Å². The standard InChI is InChI=1S/C17H14F2N4O/c1-11-21-16(22-23(11)15-8-6-14(19)7-9-15)17(24)20-10-12-2-4-13(18)5-3-12/h2-9H,10H2,1H3,(H,20,24). The van der Waals surface area contributed by atoms with Crippen LogP contribution in [0.5, 0.6) is 0 Å². The number of amides is 1. The first-order valence-corrected chi connectivity index (χ1v) is 7.25. The van der Waals surface area contributed by atoms with E-state index in [4.69, 9.17) is 0 Å². The second-order valence-electron chi connectivity index (χ2n) is 5.18. The third kappa shape index (κ3) is 3.45. The smallest absolute Gasteiger partial charge is 0.291 e. The zero-order chi connectivity index (χ0) is 17.1. The maximum Gasteiger partial charge on any atom is 0.291 e. The lowest BCUT2D eigenvalue weighted by Gasteiger charge is -2.03. The number of carbonyl (C=O) groups is 1. The molecule has 0 saturated carbocycles. The first-order chi connectivity index (χ1) is 11.5. The van der Waals surface area contributed by atoms with Crippen molar-refractivity contribution in [1.29, 1.82) is 0 Å². The van der Waals surface area contributed by atoms with E-state index in [2.05, 4.69) is 15.4 Å². The Kier molecular flexibility index (Phi) is 4.33. The Morgan fingerprint density at radius 3 is 2.25 bits per heavy atom. The molecule has 0 aliphatic rings. The van der Waals surface area contributed by atoms with Crippen LogP contribution in [0.3, 0.4) is 0 Å². The molecule has 0 saturated heterocycles. The lowest BCUT2D eigenvalue weighted by Crippen LogP contribution is -2.24. The van der Waals surface area contributed by atoms with Crippen LogP contribution in [-0.4, -0.2) is 20.7 Å². The number of nitrogens with one attached hydrogen (secondary N) is 1. The first kappa shape index (κ1) is 15.8. The van der Waals surface area contributed by atoms with Gasteiger partial charge in [0.1, 0.15) is 17.5 Å². The molecule has 1 aromatic heterocycles. The Labute approximate surface area is 137 Å². The van der Waals surface area contributed by atoms with Crippen molar-refractivity contribution in [3.63, 3.8) is 0 Å². The van der Waals surface area contributed by atoms with Gasteiger partial charge in [-0.3, -0.25) is 4.79 Å². The number of carbonyl (C=O) groups excluding carboxylic acids is 1. The molecule has 0 bridgehead atoms. The van der Waals surface area contributed by atoms with E-state index in [-0.39, 0.29) is 24.0 Å². The highest BCUT2D eigenvalue weighted by molar-refractivity contribution is 5.90. The number of aryl methyl sites for hydroxylation is 1. The average Bonchev–Trinajstić information content (AvgIpc) is 2.97. The van der Waals surface area contributed by atoms with Crippen LogP contribution in [0.15, 0.2) is 48.5 Å². The van der Waals surface area contributed by atoms with E-state index in [0.717, 1.165) is 5.56 Å². The number of hydrogen-bond donors (Lipinski definition) is 1. The third-order valence-electron chi connectivity index (χ3n) is 3.41. The van der Waals surface area contributed by atoms with E-state index >= 15 is 0 Å². The molecule has 5 nitrogen and oxygen atoms in total. The number of rotatable bonds is 4. The van der Waals surface area contributed by atoms with Gasteiger partial charge in [-0.25, -0.2) is 18.4 Å². The SMILES string of the molecule is Cc1nc(C(=O)NCc2ccc(F)cc2)nn1-c1ccc(F)cc1. The summed E-state index contributed by atoms with van der Waals surface area (Å²) in [5.41, 5.74) is 1.37. The van der Waals surface area contributed by atoms with Gasteiger partial charge in [-0.1, -0.05) is 12.1 Å². The van der Waals surface area contributed by atoms with Crippen LogP contribution in [0, 0.1) is 18.6 Å². The number of halogens is 2. The lowest BCUT2D eigenvalue weighted by molar-refractivity contribution is 0.0940. The van der Waals surface area contributed by atoms with Crippen LogP contribution >= 0.6 is 0 Å². The molecule has 0 spiro atoms. The van der Waals surface area contributed by atoms with Gasteiger partial charge in [0.15, 0.2) is 0 Å². The second-order valence-corrected chi connectivity index (χ2v) is 5.18. The summed E-state index contributed by atoms with van der Waals surface area (Å²) < 4.78 is 27.3. The van der Waals surface area contributed by atoms with Gasteiger partial charge in [-0.05, 0) is 48.9 Å². The number of hydrogen-bond acceptors (Lipinski definition) is 3. The molecule has 24 heavy (non-hydrogen) atoms. The summed E-state index contributed by atoms with van der Waals surface area (Å²) >= 11 is 0. The summed E-state index contributed by atoms with van der Waals surface area (Å²) in [5.74, 6) is -0.607. The molecule has 1 heterocycles. The fourth-order valence-corrected chi connectivity index (χ4v) is 2.18. The van der Waals surface area contributed by atoms with Gasteiger partial charge in [0.25, 0.3) is 5.91 Å². The Bertz CT molecular complexity index is 857. The molecule has 3 aromatic rings. The Balaban J connectivity index is 1.72. The molecule has 0 fully saturated rings. The summed E-state index contributed by atoms with van der Waals surface area (Å²) in [5, 5.41) is 6.82. The molecule has 1 amide bonds. The van der Waals surface area contributed by atoms with Gasteiger partial charge in [0.2, 0.25) is 5.82 Å². The van der Waals surface area contributed by atoms with Gasteiger partial charge in [0, 0.05) is 6.54 Å². The number of aromatic nitrogens is 3. The van der Waals surface area contributed by atoms with E-state index in [0.29, 0.717) is 11.5 Å². The highest BCUT2D eigenvalue weighted by atomic mass is 19.1. The van der Waals surface area contributed by atoms with E-state index in [1.807, 2.05) is 0 Å². The molecular weight excluding hydrogens is 314 g/mol. The molecule has 122 valence electrons. The maximum absolute atomic E-state index is 13.0. The zero-order valence-corrected chi connectivity index (χ0v) is 12.8. The van der Waals surface area contributed by atoms with Crippen LogP contribution in [-0.2, 0) is 6.54 Å². The molecule has 7 heteroatoms. The van der Waals surface area contributed by atoms with Crippen molar-refractivity contribution in [2.75, 3.05) is 0 Å². The monoisotopic (exact) mass is 328 g/mol. The molecule has 2 aromatic carbocycles. The minimum absolute atomic E-state index is 0.0129. The van der Waals surface area contributed by atoms with Crippen LogP contribution in [0.2, 0.25) is 0 Å². The Morgan fingerprint density at radius 2 is 1.62 bits per heavy atom. The molecule has 0 atom stereocenters. The zero-order valence-electron chi connectivity index (χ0n) is 12.8. The summed E-state index contributed by atoms with van der Waals surface area (Å²) in [7, 11) is 0. The van der Waals surface area contributed by atoms with Crippen molar-refractivity contribution in [2.45, 2.75) is 13.5 Å². The largest absolute Gasteiger partial charge is 0.345 e. The normalized spacial score (nSPS) is 10.6. The predicted molar refractivity (Wildman–Crippen MR) is 83.6 cm³/mol. The highest BCUT2D eigenvalue weighted by Crippen LogP contribution is 2.11. The fourth-order valence-electron chi connectivity index (χ4n) is 2.18. The summed E-state index contributed by atoms with van der Waals surface area (Å²) in [4.78, 5) is 16.3. The molecule has 0 aliphatic carbocycles. The van der Waals surface area contributed by atoms with E-state index < -0.39 is 5.91 Å². The average molecular weight is 328 g/mol. The first-order valence-electron chi connectivity index (χ1n) is 7.25. The summed E-state index contributed by atoms with van der Waals surface area (Å²) in [6.07, 6.45) is 0. The van der Waals surface area contributed by atoms with Crippen LogP contribution < -0.4 is 5.32 Å². The molecule has 0 unspecified atom stereocenters. The van der Waals surface area contributed by atoms with Crippen molar-refractivity contribution < 1.29 is 13.6 Å². The van der Waals surface area contributed by atoms with Crippen LogP contribution in [0.25, 0.3) is 5.69 Å². The van der Waals surface area contributed by atoms with Gasteiger partial charge in [-0.15, -0.1) is 5.10 Å². The summed E-state index contributed by atoms with van der Waals surface area (Å²) in [6.45, 7) is 1.94. The fraction of sp³-hybridized carbons (Fsp3) is 0.118. The van der Waals surface area contributed by atoms with Gasteiger partial charge in [0.05, 0.1) is 5.69 Å². The van der Waals surface area contributed by atoms with Crippen molar-refractivity contribution in [1.82, 2.24) is 20.1 Å². The van der Waals surface area contributed by atoms with Crippen molar-refractivity contribution in [3.05, 3.63) is 77.4 Å². The molecule has 0 radical (unpaired) electrons. The molecule has 0 aliphatic heterocycles. The van der Waals surface area contributed by atoms with E-state index in [9.17, 15) is 13.6 Å². The third-order valence-corrected chi connectivity index (χ3v) is 3.41. The van der Waals surface area contributed by atoms with Gasteiger partial charge in [-0.2, -0.15) is 0 Å². The Morgan fingerprint density at radius 1 is 1.04 bits per heavy atom. The molecular formula is C17H14F2N4O. The summed E-state index contributed by atoms with van der Waals surface area (Å²) in [6, 6.07) is 11.6. The van der Waals surface area contributed by atoms with Gasteiger partial charge >= 0.3 is 0 Å². The highest BCUT2D eigenvalue weighted by Gasteiger charge is 2.15. The Hall–Kier alpha value is -3.09. The van der Waals surface area contributed by atoms with Crippen LogP contribution in [0.4, 0.5) is 8.78 Å². The van der Waals surface area contributed by atoms with E-state index in [1.165, 1.54) is 28.9 Å².